The van der Waals surface area contributed by atoms with Crippen LogP contribution in [0.3, 0.4) is 0 Å². The van der Waals surface area contributed by atoms with Gasteiger partial charge in [0, 0.05) is 12.5 Å². The molecule has 5 nitrogen and oxygen atoms in total. The molecule has 1 aliphatic rings. The number of carbonyl (C=O) groups excluding carboxylic acids is 1. The summed E-state index contributed by atoms with van der Waals surface area (Å²) in [6.07, 6.45) is 5.31. The van der Waals surface area contributed by atoms with Gasteiger partial charge in [-0.1, -0.05) is 45.0 Å². The van der Waals surface area contributed by atoms with E-state index < -0.39 is 0 Å². The highest BCUT2D eigenvalue weighted by atomic mass is 16.2. The molecule has 3 rings (SSSR count). The molecule has 2 aromatic rings. The quantitative estimate of drug-likeness (QED) is 0.910. The van der Waals surface area contributed by atoms with E-state index in [1.165, 1.54) is 11.1 Å². The van der Waals surface area contributed by atoms with Gasteiger partial charge in [0.05, 0.1) is 24.1 Å². The second-order valence-corrected chi connectivity index (χ2v) is 7.34. The molecule has 0 aliphatic heterocycles. The van der Waals surface area contributed by atoms with E-state index in [1.807, 2.05) is 13.1 Å². The van der Waals surface area contributed by atoms with Crippen molar-refractivity contribution in [1.29, 1.82) is 0 Å². The Morgan fingerprint density at radius 1 is 1.21 bits per heavy atom. The minimum atomic E-state index is -0.135. The minimum Gasteiger partial charge on any atom is -0.321 e. The van der Waals surface area contributed by atoms with E-state index >= 15 is 0 Å². The SMILES string of the molecule is CN(C(=O)Nc1cnc(C(C)(C)C)nc1)[C@@H]1CCc2ccccc21. The van der Waals surface area contributed by atoms with Crippen LogP contribution < -0.4 is 5.32 Å². The number of hydrogen-bond donors (Lipinski definition) is 1. The minimum absolute atomic E-state index is 0.104. The summed E-state index contributed by atoms with van der Waals surface area (Å²) in [7, 11) is 1.84. The third kappa shape index (κ3) is 3.25. The zero-order chi connectivity index (χ0) is 17.3. The highest BCUT2D eigenvalue weighted by Gasteiger charge is 2.28. The monoisotopic (exact) mass is 324 g/mol. The fourth-order valence-corrected chi connectivity index (χ4v) is 3.07. The Bertz CT molecular complexity index is 734. The van der Waals surface area contributed by atoms with Crippen molar-refractivity contribution in [3.8, 4) is 0 Å². The highest BCUT2D eigenvalue weighted by molar-refractivity contribution is 5.89. The Balaban J connectivity index is 1.69. The largest absolute Gasteiger partial charge is 0.322 e. The molecule has 0 unspecified atom stereocenters. The zero-order valence-corrected chi connectivity index (χ0v) is 14.7. The van der Waals surface area contributed by atoms with Crippen LogP contribution in [0.5, 0.6) is 0 Å². The van der Waals surface area contributed by atoms with Gasteiger partial charge in [-0.2, -0.15) is 0 Å². The lowest BCUT2D eigenvalue weighted by Crippen LogP contribution is -2.34. The summed E-state index contributed by atoms with van der Waals surface area (Å²) in [6, 6.07) is 8.31. The van der Waals surface area contributed by atoms with Gasteiger partial charge in [-0.15, -0.1) is 0 Å². The van der Waals surface area contributed by atoms with Crippen molar-refractivity contribution in [3.05, 3.63) is 53.6 Å². The molecule has 126 valence electrons. The predicted molar refractivity (Wildman–Crippen MR) is 95.0 cm³/mol. The van der Waals surface area contributed by atoms with Crippen molar-refractivity contribution in [2.45, 2.75) is 45.1 Å². The van der Waals surface area contributed by atoms with Crippen LogP contribution in [-0.2, 0) is 11.8 Å². The topological polar surface area (TPSA) is 58.1 Å². The number of rotatable bonds is 2. The van der Waals surface area contributed by atoms with Crippen LogP contribution in [0.4, 0.5) is 10.5 Å². The fourth-order valence-electron chi connectivity index (χ4n) is 3.07. The van der Waals surface area contributed by atoms with Crippen LogP contribution in [0.2, 0.25) is 0 Å². The van der Waals surface area contributed by atoms with Crippen molar-refractivity contribution in [2.75, 3.05) is 12.4 Å². The molecule has 0 saturated heterocycles. The third-order valence-electron chi connectivity index (χ3n) is 4.46. The lowest BCUT2D eigenvalue weighted by atomic mass is 9.96. The van der Waals surface area contributed by atoms with Gasteiger partial charge in [0.15, 0.2) is 0 Å². The Hall–Kier alpha value is -2.43. The number of fused-ring (bicyclic) bond motifs is 1. The maximum absolute atomic E-state index is 12.6. The van der Waals surface area contributed by atoms with Gasteiger partial charge in [0.1, 0.15) is 5.82 Å². The first-order chi connectivity index (χ1) is 11.4. The number of aromatic nitrogens is 2. The molecule has 1 aromatic heterocycles. The molecule has 0 radical (unpaired) electrons. The molecule has 5 heteroatoms. The zero-order valence-electron chi connectivity index (χ0n) is 14.7. The van der Waals surface area contributed by atoms with Gasteiger partial charge < -0.3 is 10.2 Å². The second-order valence-electron chi connectivity index (χ2n) is 7.34. The normalized spacial score (nSPS) is 16.6. The van der Waals surface area contributed by atoms with Crippen molar-refractivity contribution in [1.82, 2.24) is 14.9 Å². The molecule has 1 heterocycles. The molecule has 0 saturated carbocycles. The van der Waals surface area contributed by atoms with Crippen LogP contribution >= 0.6 is 0 Å². The summed E-state index contributed by atoms with van der Waals surface area (Å²) in [5.41, 5.74) is 3.09. The van der Waals surface area contributed by atoms with Gasteiger partial charge in [-0.25, -0.2) is 14.8 Å². The summed E-state index contributed by atoms with van der Waals surface area (Å²) >= 11 is 0. The smallest absolute Gasteiger partial charge is 0.321 e. The summed E-state index contributed by atoms with van der Waals surface area (Å²) in [4.78, 5) is 23.0. The lowest BCUT2D eigenvalue weighted by molar-refractivity contribution is 0.204. The van der Waals surface area contributed by atoms with Crippen LogP contribution in [0, 0.1) is 0 Å². The summed E-state index contributed by atoms with van der Waals surface area (Å²) in [6.45, 7) is 6.18. The molecule has 0 fully saturated rings. The molecule has 1 atom stereocenters. The van der Waals surface area contributed by atoms with Crippen LogP contribution in [0.15, 0.2) is 36.7 Å². The van der Waals surface area contributed by atoms with E-state index in [4.69, 9.17) is 0 Å². The van der Waals surface area contributed by atoms with Crippen molar-refractivity contribution >= 4 is 11.7 Å². The molecule has 2 amide bonds. The fraction of sp³-hybridized carbons (Fsp3) is 0.421. The molecule has 1 aromatic carbocycles. The second kappa shape index (κ2) is 6.23. The number of nitrogens with zero attached hydrogens (tertiary/aromatic N) is 3. The first-order valence-electron chi connectivity index (χ1n) is 8.30. The predicted octanol–water partition coefficient (Wildman–Crippen LogP) is 3.93. The number of aryl methyl sites for hydroxylation is 1. The molecular formula is C19H24N4O. The number of urea groups is 1. The van der Waals surface area contributed by atoms with Gasteiger partial charge in [-0.05, 0) is 24.0 Å². The standard InChI is InChI=1S/C19H24N4O/c1-19(2,3)17-20-11-14(12-21-17)22-18(24)23(4)16-10-9-13-7-5-6-8-15(13)16/h5-8,11-12,16H,9-10H2,1-4H3,(H,22,24)/t16-/m1/s1. The lowest BCUT2D eigenvalue weighted by Gasteiger charge is -2.25. The number of amides is 2. The van der Waals surface area contributed by atoms with Gasteiger partial charge in [-0.3, -0.25) is 0 Å². The van der Waals surface area contributed by atoms with Crippen LogP contribution in [0.1, 0.15) is 50.2 Å². The van der Waals surface area contributed by atoms with Gasteiger partial charge in [0.2, 0.25) is 0 Å². The van der Waals surface area contributed by atoms with Crippen molar-refractivity contribution in [2.24, 2.45) is 0 Å². The average Bonchev–Trinajstić information content (AvgIpc) is 2.97. The van der Waals surface area contributed by atoms with E-state index in [-0.39, 0.29) is 17.5 Å². The number of hydrogen-bond acceptors (Lipinski definition) is 3. The number of carbonyl (C=O) groups is 1. The first kappa shape index (κ1) is 16.4. The maximum atomic E-state index is 12.6. The Morgan fingerprint density at radius 2 is 1.88 bits per heavy atom. The highest BCUT2D eigenvalue weighted by Crippen LogP contribution is 2.35. The van der Waals surface area contributed by atoms with E-state index in [1.54, 1.807) is 17.3 Å². The Kier molecular flexibility index (Phi) is 4.26. The molecule has 0 spiro atoms. The first-order valence-corrected chi connectivity index (χ1v) is 8.30. The van der Waals surface area contributed by atoms with Crippen molar-refractivity contribution < 1.29 is 4.79 Å². The summed E-state index contributed by atoms with van der Waals surface area (Å²) in [5, 5.41) is 2.89. The third-order valence-corrected chi connectivity index (χ3v) is 4.46. The molecule has 1 N–H and O–H groups in total. The maximum Gasteiger partial charge on any atom is 0.322 e. The molecule has 1 aliphatic carbocycles. The van der Waals surface area contributed by atoms with E-state index in [9.17, 15) is 4.79 Å². The van der Waals surface area contributed by atoms with E-state index in [2.05, 4.69) is 54.3 Å². The van der Waals surface area contributed by atoms with Crippen LogP contribution in [-0.4, -0.2) is 27.9 Å². The summed E-state index contributed by atoms with van der Waals surface area (Å²) in [5.74, 6) is 0.763. The summed E-state index contributed by atoms with van der Waals surface area (Å²) < 4.78 is 0. The number of nitrogens with one attached hydrogen (secondary N) is 1. The van der Waals surface area contributed by atoms with E-state index in [0.29, 0.717) is 5.69 Å². The molecule has 0 bridgehead atoms. The molecular weight excluding hydrogens is 300 g/mol. The van der Waals surface area contributed by atoms with Gasteiger partial charge >= 0.3 is 6.03 Å². The Labute approximate surface area is 143 Å². The van der Waals surface area contributed by atoms with Crippen LogP contribution in [0.25, 0.3) is 0 Å². The van der Waals surface area contributed by atoms with E-state index in [0.717, 1.165) is 18.7 Å². The number of anilines is 1. The average molecular weight is 324 g/mol. The molecule has 24 heavy (non-hydrogen) atoms. The van der Waals surface area contributed by atoms with Gasteiger partial charge in [0.25, 0.3) is 0 Å². The van der Waals surface area contributed by atoms with Crippen molar-refractivity contribution in [3.63, 3.8) is 0 Å². The Morgan fingerprint density at radius 3 is 2.54 bits per heavy atom. The number of benzene rings is 1.